The lowest BCUT2D eigenvalue weighted by molar-refractivity contribution is 0.0106. The van der Waals surface area contributed by atoms with Gasteiger partial charge >= 0.3 is 0 Å². The number of aldehydes is 1. The number of terminal acetylenes is 1. The lowest BCUT2D eigenvalue weighted by Crippen LogP contribution is -2.27. The van der Waals surface area contributed by atoms with E-state index in [1.165, 1.54) is 11.1 Å². The zero-order chi connectivity index (χ0) is 38.9. The number of carbonyl (C=O) groups excluding carboxylic acids is 1. The molecule has 0 aromatic heterocycles. The number of rotatable bonds is 28. The van der Waals surface area contributed by atoms with E-state index in [1.54, 1.807) is 24.3 Å². The van der Waals surface area contributed by atoms with Crippen molar-refractivity contribution in [3.8, 4) is 23.8 Å². The molecule has 0 spiro atoms. The number of nitrogens with zero attached hydrogens (tertiary/aromatic N) is 4. The fourth-order valence-electron chi connectivity index (χ4n) is 4.83. The highest BCUT2D eigenvalue weighted by Crippen LogP contribution is 2.12. The van der Waals surface area contributed by atoms with E-state index in [0.717, 1.165) is 43.0 Å². The SMILES string of the molecule is C#Cc1ccc(OCCOCCOCCOCCN=[N+]=[N-])cc1.O=Cc1ccc(OCCOCCOCCN(Cc2ccccc2)Cc2ccccc2)cc1. The maximum atomic E-state index is 10.7. The van der Waals surface area contributed by atoms with Crippen molar-refractivity contribution in [2.75, 3.05) is 92.4 Å². The molecular weight excluding hydrogens is 700 g/mol. The van der Waals surface area contributed by atoms with Crippen LogP contribution in [0.3, 0.4) is 0 Å². The van der Waals surface area contributed by atoms with Gasteiger partial charge in [-0.1, -0.05) is 71.7 Å². The molecule has 0 aliphatic rings. The van der Waals surface area contributed by atoms with Crippen molar-refractivity contribution in [3.63, 3.8) is 0 Å². The molecule has 12 nitrogen and oxygen atoms in total. The molecule has 0 fully saturated rings. The van der Waals surface area contributed by atoms with Gasteiger partial charge in [-0.25, -0.2) is 0 Å². The summed E-state index contributed by atoms with van der Waals surface area (Å²) in [4.78, 5) is 15.7. The summed E-state index contributed by atoms with van der Waals surface area (Å²) < 4.78 is 38.3. The van der Waals surface area contributed by atoms with Gasteiger partial charge in [0.1, 0.15) is 31.0 Å². The zero-order valence-electron chi connectivity index (χ0n) is 31.4. The Bertz CT molecular complexity index is 1590. The molecular formula is C43H52N4O8. The van der Waals surface area contributed by atoms with E-state index in [9.17, 15) is 4.79 Å². The minimum absolute atomic E-state index is 0.338. The molecule has 55 heavy (non-hydrogen) atoms. The Balaban J connectivity index is 0.000000313. The van der Waals surface area contributed by atoms with Crippen LogP contribution in [0.1, 0.15) is 27.0 Å². The first-order valence-electron chi connectivity index (χ1n) is 18.3. The van der Waals surface area contributed by atoms with E-state index in [4.69, 9.17) is 45.1 Å². The van der Waals surface area contributed by atoms with Crippen LogP contribution in [0.4, 0.5) is 0 Å². The molecule has 0 saturated carbocycles. The molecule has 292 valence electrons. The Morgan fingerprint density at radius 2 is 1.02 bits per heavy atom. The molecule has 0 saturated heterocycles. The summed E-state index contributed by atoms with van der Waals surface area (Å²) in [6.45, 7) is 8.98. The van der Waals surface area contributed by atoms with Gasteiger partial charge in [0.25, 0.3) is 0 Å². The summed E-state index contributed by atoms with van der Waals surface area (Å²) in [5, 5.41) is 3.35. The maximum absolute atomic E-state index is 10.7. The summed E-state index contributed by atoms with van der Waals surface area (Å²) in [7, 11) is 0. The number of ether oxygens (including phenoxy) is 7. The molecule has 0 amide bonds. The van der Waals surface area contributed by atoms with E-state index in [0.29, 0.717) is 91.4 Å². The Morgan fingerprint density at radius 3 is 1.47 bits per heavy atom. The van der Waals surface area contributed by atoms with E-state index in [2.05, 4.69) is 69.4 Å². The Hall–Kier alpha value is -5.22. The number of azide groups is 1. The predicted octanol–water partition coefficient (Wildman–Crippen LogP) is 7.02. The molecule has 0 radical (unpaired) electrons. The third kappa shape index (κ3) is 21.9. The van der Waals surface area contributed by atoms with Crippen LogP contribution in [-0.4, -0.2) is 104 Å². The zero-order valence-corrected chi connectivity index (χ0v) is 31.4. The van der Waals surface area contributed by atoms with Gasteiger partial charge in [-0.3, -0.25) is 9.69 Å². The Kier molecular flexibility index (Phi) is 24.2. The van der Waals surface area contributed by atoms with Crippen molar-refractivity contribution in [1.29, 1.82) is 0 Å². The van der Waals surface area contributed by atoms with Crippen LogP contribution >= 0.6 is 0 Å². The molecule has 0 heterocycles. The first-order chi connectivity index (χ1) is 27.2. The van der Waals surface area contributed by atoms with Crippen LogP contribution in [0.15, 0.2) is 114 Å². The Labute approximate surface area is 324 Å². The second-order valence-corrected chi connectivity index (χ2v) is 11.8. The van der Waals surface area contributed by atoms with Gasteiger partial charge in [0.05, 0.1) is 66.1 Å². The number of hydrogen-bond donors (Lipinski definition) is 0. The molecule has 4 rings (SSSR count). The molecule has 0 aliphatic heterocycles. The molecule has 4 aromatic rings. The summed E-state index contributed by atoms with van der Waals surface area (Å²) >= 11 is 0. The molecule has 0 atom stereocenters. The first-order valence-corrected chi connectivity index (χ1v) is 18.3. The van der Waals surface area contributed by atoms with E-state index < -0.39 is 0 Å². The van der Waals surface area contributed by atoms with Crippen LogP contribution in [0.5, 0.6) is 11.5 Å². The molecule has 0 aliphatic carbocycles. The van der Waals surface area contributed by atoms with Crippen molar-refractivity contribution in [3.05, 3.63) is 142 Å². The second kappa shape index (κ2) is 30.1. The normalized spacial score (nSPS) is 10.5. The van der Waals surface area contributed by atoms with Crippen LogP contribution in [-0.2, 0) is 36.8 Å². The van der Waals surface area contributed by atoms with Crippen LogP contribution < -0.4 is 9.47 Å². The molecule has 12 heteroatoms. The van der Waals surface area contributed by atoms with Crippen molar-refractivity contribution >= 4 is 6.29 Å². The van der Waals surface area contributed by atoms with E-state index >= 15 is 0 Å². The molecule has 0 unspecified atom stereocenters. The summed E-state index contributed by atoms with van der Waals surface area (Å²) in [6.07, 6.45) is 6.09. The lowest BCUT2D eigenvalue weighted by atomic mass is 10.1. The summed E-state index contributed by atoms with van der Waals surface area (Å²) in [6, 6.07) is 35.4. The topological polar surface area (TPSA) is 134 Å². The standard InChI is InChI=1S/C27H31NO4.C16H21N3O4/c29-23-26-11-13-27(14-12-26)32-20-19-31-18-17-30-16-15-28(21-24-7-3-1-4-8-24)22-25-9-5-2-6-10-25;1-2-15-3-5-16(6-4-15)23-14-13-22-12-11-21-10-9-20-8-7-18-19-17/h1-14,23H,15-22H2;1,3-6H,7-14H2. The van der Waals surface area contributed by atoms with Gasteiger partial charge in [0.15, 0.2) is 0 Å². The monoisotopic (exact) mass is 752 g/mol. The van der Waals surface area contributed by atoms with Crippen molar-refractivity contribution in [2.45, 2.75) is 13.1 Å². The molecule has 4 aromatic carbocycles. The number of carbonyl (C=O) groups is 1. The molecule has 0 N–H and O–H groups in total. The van der Waals surface area contributed by atoms with Gasteiger partial charge in [0.2, 0.25) is 0 Å². The predicted molar refractivity (Wildman–Crippen MR) is 212 cm³/mol. The van der Waals surface area contributed by atoms with E-state index in [1.807, 2.05) is 36.4 Å². The van der Waals surface area contributed by atoms with Crippen LogP contribution in [0.25, 0.3) is 10.4 Å². The first kappa shape index (κ1) is 44.2. The van der Waals surface area contributed by atoms with Gasteiger partial charge in [-0.05, 0) is 65.2 Å². The fraction of sp³-hybridized carbons (Fsp3) is 0.372. The van der Waals surface area contributed by atoms with E-state index in [-0.39, 0.29) is 0 Å². The lowest BCUT2D eigenvalue weighted by Gasteiger charge is -2.22. The second-order valence-electron chi connectivity index (χ2n) is 11.8. The van der Waals surface area contributed by atoms with Gasteiger partial charge < -0.3 is 33.2 Å². The van der Waals surface area contributed by atoms with Gasteiger partial charge in [-0.2, -0.15) is 0 Å². The number of hydrogen-bond acceptors (Lipinski definition) is 10. The average molecular weight is 753 g/mol. The van der Waals surface area contributed by atoms with Gasteiger partial charge in [0, 0.05) is 42.2 Å². The maximum Gasteiger partial charge on any atom is 0.150 e. The summed E-state index contributed by atoms with van der Waals surface area (Å²) in [5.41, 5.74) is 12.1. The fourth-order valence-corrected chi connectivity index (χ4v) is 4.83. The van der Waals surface area contributed by atoms with Crippen molar-refractivity contribution in [2.24, 2.45) is 5.11 Å². The smallest absolute Gasteiger partial charge is 0.150 e. The van der Waals surface area contributed by atoms with Crippen molar-refractivity contribution in [1.82, 2.24) is 4.90 Å². The van der Waals surface area contributed by atoms with Gasteiger partial charge in [-0.15, -0.1) is 6.42 Å². The van der Waals surface area contributed by atoms with Crippen LogP contribution in [0, 0.1) is 12.3 Å². The third-order valence-corrected chi connectivity index (χ3v) is 7.59. The average Bonchev–Trinajstić information content (AvgIpc) is 3.23. The highest BCUT2D eigenvalue weighted by Gasteiger charge is 2.07. The largest absolute Gasteiger partial charge is 0.491 e. The van der Waals surface area contributed by atoms with Crippen LogP contribution in [0.2, 0.25) is 0 Å². The highest BCUT2D eigenvalue weighted by atomic mass is 16.6. The Morgan fingerprint density at radius 1 is 0.582 bits per heavy atom. The summed E-state index contributed by atoms with van der Waals surface area (Å²) in [5.74, 6) is 4.04. The van der Waals surface area contributed by atoms with Crippen molar-refractivity contribution < 1.29 is 38.0 Å². The molecule has 0 bridgehead atoms. The highest BCUT2D eigenvalue weighted by molar-refractivity contribution is 5.74. The third-order valence-electron chi connectivity index (χ3n) is 7.59. The quantitative estimate of drug-likeness (QED) is 0.0150. The minimum atomic E-state index is 0.338. The minimum Gasteiger partial charge on any atom is -0.491 e. The number of benzene rings is 4.